The second-order valence-corrected chi connectivity index (χ2v) is 2.85. The van der Waals surface area contributed by atoms with E-state index in [4.69, 9.17) is 0 Å². The molecule has 20 heavy (non-hydrogen) atoms. The van der Waals surface area contributed by atoms with Crippen molar-refractivity contribution in [3.8, 4) is 0 Å². The standard InChI is InChI=1S/C7F12O/c8-1(2(9)6(15,16)17)5(13,14)7(18,19)20-4(12)3(10)11. The van der Waals surface area contributed by atoms with Gasteiger partial charge in [-0.05, 0) is 0 Å². The van der Waals surface area contributed by atoms with Gasteiger partial charge in [-0.1, -0.05) is 0 Å². The number of halogens is 12. The molecule has 0 aliphatic rings. The molecular formula is C7F12O. The zero-order chi connectivity index (χ0) is 16.5. The average molecular weight is 328 g/mol. The molecule has 0 atom stereocenters. The molecule has 0 aliphatic carbocycles. The van der Waals surface area contributed by atoms with E-state index in [2.05, 4.69) is 0 Å². The molecule has 0 aromatic heterocycles. The lowest BCUT2D eigenvalue weighted by Gasteiger charge is -2.24. The summed E-state index contributed by atoms with van der Waals surface area (Å²) >= 11 is 0. The molecule has 0 N–H and O–H groups in total. The maximum absolute atomic E-state index is 12.5. The van der Waals surface area contributed by atoms with Gasteiger partial charge in [-0.25, -0.2) is 4.39 Å². The lowest BCUT2D eigenvalue weighted by Crippen LogP contribution is -2.44. The van der Waals surface area contributed by atoms with Gasteiger partial charge in [-0.15, -0.1) is 0 Å². The number of allylic oxidation sites excluding steroid dienone is 1. The molecule has 0 fully saturated rings. The molecule has 0 aromatic carbocycles. The number of hydrogen-bond acceptors (Lipinski definition) is 1. The molecule has 13 heteroatoms. The molecule has 0 radical (unpaired) electrons. The highest BCUT2D eigenvalue weighted by molar-refractivity contribution is 5.16. The van der Waals surface area contributed by atoms with E-state index < -0.39 is 42.0 Å². The smallest absolute Gasteiger partial charge is 0.397 e. The molecule has 0 aliphatic heterocycles. The third-order valence-electron chi connectivity index (χ3n) is 1.45. The Morgan fingerprint density at radius 1 is 0.650 bits per heavy atom. The molecule has 0 spiro atoms. The van der Waals surface area contributed by atoms with E-state index in [1.165, 1.54) is 0 Å². The first-order chi connectivity index (χ1) is 8.64. The molecule has 0 rings (SSSR count). The van der Waals surface area contributed by atoms with E-state index in [9.17, 15) is 52.7 Å². The van der Waals surface area contributed by atoms with Crippen molar-refractivity contribution >= 4 is 0 Å². The van der Waals surface area contributed by atoms with Gasteiger partial charge in [0.15, 0.2) is 0 Å². The fourth-order valence-corrected chi connectivity index (χ4v) is 0.605. The van der Waals surface area contributed by atoms with Gasteiger partial charge in [0.25, 0.3) is 0 Å². The van der Waals surface area contributed by atoms with E-state index in [1.54, 1.807) is 0 Å². The molecule has 1 nitrogen and oxygen atoms in total. The van der Waals surface area contributed by atoms with Crippen LogP contribution in [0, 0.1) is 0 Å². The Labute approximate surface area is 101 Å². The van der Waals surface area contributed by atoms with Crippen LogP contribution in [0.5, 0.6) is 0 Å². The summed E-state index contributed by atoms with van der Waals surface area (Å²) < 4.78 is 145. The minimum absolute atomic E-state index is 2.02. The van der Waals surface area contributed by atoms with Gasteiger partial charge in [0.1, 0.15) is 0 Å². The van der Waals surface area contributed by atoms with Crippen LogP contribution in [0.15, 0.2) is 23.7 Å². The summed E-state index contributed by atoms with van der Waals surface area (Å²) in [6.07, 6.45) is -16.6. The Balaban J connectivity index is 5.69. The predicted molar refractivity (Wildman–Crippen MR) is 36.6 cm³/mol. The normalized spacial score (nSPS) is 14.8. The maximum atomic E-state index is 12.5. The minimum atomic E-state index is -6.70. The minimum Gasteiger partial charge on any atom is -0.397 e. The van der Waals surface area contributed by atoms with Crippen LogP contribution in [0.1, 0.15) is 0 Å². The van der Waals surface area contributed by atoms with E-state index in [0.29, 0.717) is 0 Å². The van der Waals surface area contributed by atoms with Gasteiger partial charge in [0.2, 0.25) is 11.7 Å². The zero-order valence-corrected chi connectivity index (χ0v) is 8.44. The fourth-order valence-electron chi connectivity index (χ4n) is 0.605. The van der Waals surface area contributed by atoms with Crippen LogP contribution >= 0.6 is 0 Å². The Bertz CT molecular complexity index is 426. The molecular weight excluding hydrogens is 328 g/mol. The number of rotatable bonds is 4. The fraction of sp³-hybridized carbons (Fsp3) is 0.429. The first-order valence-electron chi connectivity index (χ1n) is 3.93. The van der Waals surface area contributed by atoms with Crippen molar-refractivity contribution in [2.24, 2.45) is 0 Å². The molecule has 0 saturated heterocycles. The first kappa shape index (κ1) is 18.4. The molecule has 0 saturated carbocycles. The molecule has 0 unspecified atom stereocenters. The summed E-state index contributed by atoms with van der Waals surface area (Å²) in [6.45, 7) is 0. The van der Waals surface area contributed by atoms with Crippen LogP contribution in [0.4, 0.5) is 52.7 Å². The van der Waals surface area contributed by atoms with Crippen LogP contribution < -0.4 is 0 Å². The van der Waals surface area contributed by atoms with Crippen molar-refractivity contribution in [2.45, 2.75) is 18.2 Å². The number of ether oxygens (including phenoxy) is 1. The Morgan fingerprint density at radius 3 is 1.35 bits per heavy atom. The van der Waals surface area contributed by atoms with Crippen LogP contribution in [0.25, 0.3) is 0 Å². The third-order valence-corrected chi connectivity index (χ3v) is 1.45. The van der Waals surface area contributed by atoms with E-state index in [0.717, 1.165) is 0 Å². The van der Waals surface area contributed by atoms with Crippen LogP contribution in [-0.4, -0.2) is 18.2 Å². The van der Waals surface area contributed by atoms with E-state index in [1.807, 2.05) is 4.74 Å². The summed E-state index contributed by atoms with van der Waals surface area (Å²) in [7, 11) is 0. The quantitative estimate of drug-likeness (QED) is 0.522. The maximum Gasteiger partial charge on any atom is 0.473 e. The van der Waals surface area contributed by atoms with Gasteiger partial charge < -0.3 is 4.74 Å². The predicted octanol–water partition coefficient (Wildman–Crippen LogP) is 4.98. The lowest BCUT2D eigenvalue weighted by atomic mass is 10.2. The summed E-state index contributed by atoms with van der Waals surface area (Å²) in [5.74, 6) is -15.3. The van der Waals surface area contributed by atoms with Crippen molar-refractivity contribution in [1.29, 1.82) is 0 Å². The number of alkyl halides is 7. The highest BCUT2D eigenvalue weighted by Crippen LogP contribution is 2.46. The monoisotopic (exact) mass is 328 g/mol. The van der Waals surface area contributed by atoms with Gasteiger partial charge in [-0.2, -0.15) is 48.3 Å². The van der Waals surface area contributed by atoms with Crippen molar-refractivity contribution in [2.75, 3.05) is 0 Å². The van der Waals surface area contributed by atoms with E-state index in [-0.39, 0.29) is 0 Å². The van der Waals surface area contributed by atoms with Gasteiger partial charge >= 0.3 is 30.3 Å². The van der Waals surface area contributed by atoms with Gasteiger partial charge in [0, 0.05) is 0 Å². The van der Waals surface area contributed by atoms with Crippen LogP contribution in [0.2, 0.25) is 0 Å². The Hall–Kier alpha value is -1.56. The highest BCUT2D eigenvalue weighted by atomic mass is 19.4. The summed E-state index contributed by atoms with van der Waals surface area (Å²) in [5, 5.41) is 0. The largest absolute Gasteiger partial charge is 0.473 e. The second kappa shape index (κ2) is 5.44. The molecule has 0 amide bonds. The lowest BCUT2D eigenvalue weighted by molar-refractivity contribution is -0.332. The summed E-state index contributed by atoms with van der Waals surface area (Å²) in [6, 6.07) is -3.60. The Morgan fingerprint density at radius 2 is 1.05 bits per heavy atom. The topological polar surface area (TPSA) is 9.23 Å². The second-order valence-electron chi connectivity index (χ2n) is 2.85. The van der Waals surface area contributed by atoms with Gasteiger partial charge in [0.05, 0.1) is 0 Å². The van der Waals surface area contributed by atoms with E-state index >= 15 is 0 Å². The Kier molecular flexibility index (Phi) is 5.01. The summed E-state index contributed by atoms with van der Waals surface area (Å²) in [5.41, 5.74) is 0. The molecule has 0 bridgehead atoms. The molecule has 0 aromatic rings. The van der Waals surface area contributed by atoms with Crippen molar-refractivity contribution < 1.29 is 57.4 Å². The average Bonchev–Trinajstić information content (AvgIpc) is 2.24. The summed E-state index contributed by atoms with van der Waals surface area (Å²) in [4.78, 5) is 0. The van der Waals surface area contributed by atoms with Crippen molar-refractivity contribution in [3.05, 3.63) is 23.7 Å². The van der Waals surface area contributed by atoms with Crippen molar-refractivity contribution in [1.82, 2.24) is 0 Å². The molecule has 0 heterocycles. The first-order valence-corrected chi connectivity index (χ1v) is 3.93. The van der Waals surface area contributed by atoms with Crippen molar-refractivity contribution in [3.63, 3.8) is 0 Å². The molecule has 118 valence electrons. The van der Waals surface area contributed by atoms with Crippen LogP contribution in [0.3, 0.4) is 0 Å². The van der Waals surface area contributed by atoms with Crippen LogP contribution in [-0.2, 0) is 4.74 Å². The number of hydrogen-bond donors (Lipinski definition) is 0. The third kappa shape index (κ3) is 3.72. The van der Waals surface area contributed by atoms with Gasteiger partial charge in [-0.3, -0.25) is 0 Å². The SMILES string of the molecule is FC(F)=C(F)OC(F)(F)C(F)(F)C(F)=C(F)C(F)(F)F. The zero-order valence-electron chi connectivity index (χ0n) is 8.44. The highest BCUT2D eigenvalue weighted by Gasteiger charge is 2.66.